The van der Waals surface area contributed by atoms with Crippen LogP contribution in [0.25, 0.3) is 0 Å². The number of aryl methyl sites for hydroxylation is 1. The minimum atomic E-state index is 0.708. The van der Waals surface area contributed by atoms with Crippen molar-refractivity contribution in [1.29, 1.82) is 0 Å². The Morgan fingerprint density at radius 1 is 1.17 bits per heavy atom. The summed E-state index contributed by atoms with van der Waals surface area (Å²) in [6.45, 7) is 0. The Kier molecular flexibility index (Phi) is 5.93. The first-order valence-corrected chi connectivity index (χ1v) is 8.95. The first kappa shape index (κ1) is 14.3. The van der Waals surface area contributed by atoms with E-state index in [1.807, 2.05) is 0 Å². The van der Waals surface area contributed by atoms with Crippen molar-refractivity contribution in [2.75, 3.05) is 5.33 Å². The number of hydrogen-bond acceptors (Lipinski definition) is 1. The lowest BCUT2D eigenvalue weighted by Crippen LogP contribution is -2.07. The van der Waals surface area contributed by atoms with Gasteiger partial charge in [-0.2, -0.15) is 11.3 Å². The molecule has 1 aromatic carbocycles. The van der Waals surface area contributed by atoms with E-state index in [4.69, 9.17) is 0 Å². The molecule has 18 heavy (non-hydrogen) atoms. The van der Waals surface area contributed by atoms with Crippen LogP contribution in [0.3, 0.4) is 0 Å². The summed E-state index contributed by atoms with van der Waals surface area (Å²) in [6.07, 6.45) is 3.58. The highest BCUT2D eigenvalue weighted by atomic mass is 79.9. The molecule has 2 aromatic rings. The smallest absolute Gasteiger partial charge is 0.0177 e. The molecule has 1 heterocycles. The molecule has 0 spiro atoms. The van der Waals surface area contributed by atoms with E-state index in [9.17, 15) is 0 Å². The van der Waals surface area contributed by atoms with Gasteiger partial charge in [-0.15, -0.1) is 0 Å². The van der Waals surface area contributed by atoms with Gasteiger partial charge in [0.05, 0.1) is 0 Å². The van der Waals surface area contributed by atoms with Gasteiger partial charge >= 0.3 is 0 Å². The summed E-state index contributed by atoms with van der Waals surface area (Å²) in [5.41, 5.74) is 2.89. The van der Waals surface area contributed by atoms with Gasteiger partial charge in [0.1, 0.15) is 0 Å². The Labute approximate surface area is 130 Å². The average molecular weight is 388 g/mol. The number of thiophene rings is 1. The molecule has 1 atom stereocenters. The largest absolute Gasteiger partial charge is 0.152 e. The van der Waals surface area contributed by atoms with E-state index in [-0.39, 0.29) is 0 Å². The maximum atomic E-state index is 3.65. The molecule has 0 saturated carbocycles. The van der Waals surface area contributed by atoms with Crippen molar-refractivity contribution >= 4 is 43.2 Å². The molecular weight excluding hydrogens is 372 g/mol. The molecule has 0 aliphatic rings. The zero-order valence-electron chi connectivity index (χ0n) is 10.1. The maximum Gasteiger partial charge on any atom is 0.0177 e. The Balaban J connectivity index is 1.89. The molecule has 0 nitrogen and oxygen atoms in total. The highest BCUT2D eigenvalue weighted by Gasteiger charge is 2.09. The molecular formula is C15H16Br2S. The normalized spacial score (nSPS) is 12.6. The van der Waals surface area contributed by atoms with Gasteiger partial charge in [0.15, 0.2) is 0 Å². The third kappa shape index (κ3) is 4.52. The molecule has 0 fully saturated rings. The fourth-order valence-electron chi connectivity index (χ4n) is 2.04. The first-order chi connectivity index (χ1) is 8.78. The standard InChI is InChI=1S/C15H16Br2S/c16-10-14(5-4-12-6-7-18-11-12)8-13-2-1-3-15(17)9-13/h1-3,6-7,9,11,14H,4-5,8,10H2. The summed E-state index contributed by atoms with van der Waals surface area (Å²) in [4.78, 5) is 0. The van der Waals surface area contributed by atoms with Crippen molar-refractivity contribution in [3.63, 3.8) is 0 Å². The Bertz CT molecular complexity index is 465. The van der Waals surface area contributed by atoms with E-state index >= 15 is 0 Å². The number of halogens is 2. The van der Waals surface area contributed by atoms with Crippen LogP contribution in [0, 0.1) is 5.92 Å². The van der Waals surface area contributed by atoms with Crippen molar-refractivity contribution in [3.05, 3.63) is 56.7 Å². The topological polar surface area (TPSA) is 0 Å². The Morgan fingerprint density at radius 2 is 2.06 bits per heavy atom. The highest BCUT2D eigenvalue weighted by molar-refractivity contribution is 9.10. The van der Waals surface area contributed by atoms with Gasteiger partial charge in [0.25, 0.3) is 0 Å². The van der Waals surface area contributed by atoms with Crippen molar-refractivity contribution in [1.82, 2.24) is 0 Å². The third-order valence-corrected chi connectivity index (χ3v) is 5.19. The third-order valence-electron chi connectivity index (χ3n) is 3.05. The van der Waals surface area contributed by atoms with Crippen molar-refractivity contribution in [2.24, 2.45) is 5.92 Å². The van der Waals surface area contributed by atoms with E-state index in [1.165, 1.54) is 28.4 Å². The minimum absolute atomic E-state index is 0.708. The molecule has 0 aliphatic heterocycles. The van der Waals surface area contributed by atoms with E-state index in [1.54, 1.807) is 11.3 Å². The van der Waals surface area contributed by atoms with E-state index < -0.39 is 0 Å². The monoisotopic (exact) mass is 386 g/mol. The van der Waals surface area contributed by atoms with Crippen LogP contribution in [-0.2, 0) is 12.8 Å². The van der Waals surface area contributed by atoms with Crippen molar-refractivity contribution < 1.29 is 0 Å². The first-order valence-electron chi connectivity index (χ1n) is 6.09. The van der Waals surface area contributed by atoms with Crippen LogP contribution in [0.15, 0.2) is 45.6 Å². The van der Waals surface area contributed by atoms with E-state index in [0.717, 1.165) is 11.8 Å². The van der Waals surface area contributed by atoms with Crippen LogP contribution in [-0.4, -0.2) is 5.33 Å². The summed E-state index contributed by atoms with van der Waals surface area (Å²) < 4.78 is 1.17. The zero-order chi connectivity index (χ0) is 12.8. The fraction of sp³-hybridized carbons (Fsp3) is 0.333. The van der Waals surface area contributed by atoms with Crippen LogP contribution in [0.4, 0.5) is 0 Å². The predicted molar refractivity (Wildman–Crippen MR) is 87.8 cm³/mol. The second kappa shape index (κ2) is 7.46. The molecule has 1 aromatic heterocycles. The predicted octanol–water partition coefficient (Wildman–Crippen LogP) is 5.70. The molecule has 0 radical (unpaired) electrons. The molecule has 0 N–H and O–H groups in total. The van der Waals surface area contributed by atoms with Crippen LogP contribution in [0.5, 0.6) is 0 Å². The Morgan fingerprint density at radius 3 is 2.72 bits per heavy atom. The number of hydrogen-bond donors (Lipinski definition) is 0. The molecule has 0 aliphatic carbocycles. The lowest BCUT2D eigenvalue weighted by Gasteiger charge is -2.13. The van der Waals surface area contributed by atoms with Gasteiger partial charge < -0.3 is 0 Å². The second-order valence-corrected chi connectivity index (χ2v) is 6.87. The highest BCUT2D eigenvalue weighted by Crippen LogP contribution is 2.20. The van der Waals surface area contributed by atoms with Crippen molar-refractivity contribution in [2.45, 2.75) is 19.3 Å². The lowest BCUT2D eigenvalue weighted by atomic mass is 9.95. The lowest BCUT2D eigenvalue weighted by molar-refractivity contribution is 0.543. The van der Waals surface area contributed by atoms with Crippen LogP contribution >= 0.6 is 43.2 Å². The van der Waals surface area contributed by atoms with E-state index in [0.29, 0.717) is 5.92 Å². The van der Waals surface area contributed by atoms with Crippen LogP contribution in [0.1, 0.15) is 17.5 Å². The SMILES string of the molecule is BrCC(CCc1ccsc1)Cc1cccc(Br)c1. The summed E-state index contributed by atoms with van der Waals surface area (Å²) >= 11 is 8.97. The zero-order valence-corrected chi connectivity index (χ0v) is 14.1. The molecule has 96 valence electrons. The fourth-order valence-corrected chi connectivity index (χ4v) is 3.74. The molecule has 2 rings (SSSR count). The van der Waals surface area contributed by atoms with Crippen LogP contribution in [0.2, 0.25) is 0 Å². The molecule has 0 bridgehead atoms. The number of benzene rings is 1. The van der Waals surface area contributed by atoms with Gasteiger partial charge in [-0.3, -0.25) is 0 Å². The second-order valence-electron chi connectivity index (χ2n) is 4.52. The van der Waals surface area contributed by atoms with Gasteiger partial charge in [-0.25, -0.2) is 0 Å². The number of alkyl halides is 1. The maximum absolute atomic E-state index is 3.65. The van der Waals surface area contributed by atoms with Gasteiger partial charge in [0, 0.05) is 9.80 Å². The summed E-state index contributed by atoms with van der Waals surface area (Å²) in [7, 11) is 0. The minimum Gasteiger partial charge on any atom is -0.152 e. The molecule has 1 unspecified atom stereocenters. The number of rotatable bonds is 6. The Hall–Kier alpha value is -0.120. The van der Waals surface area contributed by atoms with Gasteiger partial charge in [-0.1, -0.05) is 44.0 Å². The molecule has 0 amide bonds. The molecule has 0 saturated heterocycles. The average Bonchev–Trinajstić information content (AvgIpc) is 2.87. The summed E-state index contributed by atoms with van der Waals surface area (Å²) in [5, 5.41) is 5.49. The van der Waals surface area contributed by atoms with Crippen molar-refractivity contribution in [3.8, 4) is 0 Å². The van der Waals surface area contributed by atoms with E-state index in [2.05, 4.69) is 73.0 Å². The van der Waals surface area contributed by atoms with Crippen LogP contribution < -0.4 is 0 Å². The molecule has 3 heteroatoms. The summed E-state index contributed by atoms with van der Waals surface area (Å²) in [6, 6.07) is 10.9. The van der Waals surface area contributed by atoms with Gasteiger partial charge in [0.2, 0.25) is 0 Å². The van der Waals surface area contributed by atoms with Gasteiger partial charge in [-0.05, 0) is 65.3 Å². The summed E-state index contributed by atoms with van der Waals surface area (Å²) in [5.74, 6) is 0.708. The quantitative estimate of drug-likeness (QED) is 0.558.